The van der Waals surface area contributed by atoms with Crippen LogP contribution in [0.25, 0.3) is 21.3 Å². The fraction of sp³-hybridized carbons (Fsp3) is 0.217. The number of carbonyl (C=O) groups excluding carboxylic acids is 1. The molecule has 2 aromatic carbocycles. The topological polar surface area (TPSA) is 74.2 Å². The minimum atomic E-state index is -0.165. The van der Waals surface area contributed by atoms with Crippen LogP contribution in [0.1, 0.15) is 15.4 Å². The Kier molecular flexibility index (Phi) is 6.03. The lowest BCUT2D eigenvalue weighted by molar-refractivity contribution is 0.102. The first-order valence-electron chi connectivity index (χ1n) is 10.3. The number of benzene rings is 2. The largest absolute Gasteiger partial charge is 0.369 e. The number of hydrogen-bond acceptors (Lipinski definition) is 7. The van der Waals surface area contributed by atoms with E-state index in [4.69, 9.17) is 0 Å². The van der Waals surface area contributed by atoms with E-state index in [2.05, 4.69) is 63.5 Å². The summed E-state index contributed by atoms with van der Waals surface area (Å²) in [5, 5.41) is 15.1. The molecular weight excluding hydrogens is 535 g/mol. The van der Waals surface area contributed by atoms with Crippen molar-refractivity contribution < 1.29 is 4.79 Å². The lowest BCUT2D eigenvalue weighted by Gasteiger charge is -2.33. The molecule has 32 heavy (non-hydrogen) atoms. The average Bonchev–Trinajstić information content (AvgIpc) is 3.25. The van der Waals surface area contributed by atoms with E-state index in [1.54, 1.807) is 17.5 Å². The Morgan fingerprint density at radius 2 is 1.88 bits per heavy atom. The summed E-state index contributed by atoms with van der Waals surface area (Å²) in [6, 6.07) is 15.8. The monoisotopic (exact) mass is 556 g/mol. The van der Waals surface area contributed by atoms with Crippen molar-refractivity contribution in [2.24, 2.45) is 0 Å². The second-order valence-corrected chi connectivity index (χ2v) is 10.2. The van der Waals surface area contributed by atoms with Crippen LogP contribution in [0.2, 0.25) is 0 Å². The van der Waals surface area contributed by atoms with E-state index in [-0.39, 0.29) is 5.91 Å². The molecule has 0 bridgehead atoms. The summed E-state index contributed by atoms with van der Waals surface area (Å²) in [6.07, 6.45) is 1.78. The summed E-state index contributed by atoms with van der Waals surface area (Å²) in [5.41, 5.74) is 2.70. The van der Waals surface area contributed by atoms with Crippen LogP contribution in [0.5, 0.6) is 0 Å². The van der Waals surface area contributed by atoms with E-state index in [9.17, 15) is 4.79 Å². The van der Waals surface area contributed by atoms with Crippen LogP contribution in [-0.2, 0) is 0 Å². The summed E-state index contributed by atoms with van der Waals surface area (Å²) < 4.78 is 2.29. The number of aryl methyl sites for hydroxylation is 1. The second kappa shape index (κ2) is 9.08. The van der Waals surface area contributed by atoms with Crippen LogP contribution in [-0.4, -0.2) is 50.4 Å². The fourth-order valence-corrected chi connectivity index (χ4v) is 4.85. The van der Waals surface area contributed by atoms with Crippen molar-refractivity contribution in [1.29, 1.82) is 0 Å². The number of carbonyl (C=O) groups is 1. The van der Waals surface area contributed by atoms with Crippen LogP contribution in [0.15, 0.2) is 54.7 Å². The Bertz CT molecular complexity index is 1280. The highest BCUT2D eigenvalue weighted by molar-refractivity contribution is 14.1. The molecule has 5 rings (SSSR count). The molecule has 1 saturated heterocycles. The smallest absolute Gasteiger partial charge is 0.256 e. The molecule has 4 aromatic rings. The highest BCUT2D eigenvalue weighted by Gasteiger charge is 2.17. The van der Waals surface area contributed by atoms with Crippen LogP contribution in [0.4, 0.5) is 11.5 Å². The van der Waals surface area contributed by atoms with Crippen molar-refractivity contribution in [1.82, 2.24) is 18.3 Å². The maximum atomic E-state index is 12.9. The van der Waals surface area contributed by atoms with Crippen molar-refractivity contribution in [3.05, 3.63) is 65.3 Å². The molecule has 2 aromatic heterocycles. The van der Waals surface area contributed by atoms with Gasteiger partial charge >= 0.3 is 0 Å². The first kappa shape index (κ1) is 21.2. The molecule has 1 N–H and O–H groups in total. The summed E-state index contributed by atoms with van der Waals surface area (Å²) in [5.74, 6) is 0.360. The van der Waals surface area contributed by atoms with E-state index in [0.717, 1.165) is 58.2 Å². The molecule has 162 valence electrons. The number of fused-ring (bicyclic) bond motifs is 1. The number of piperazine rings is 1. The third-order valence-electron chi connectivity index (χ3n) is 5.43. The van der Waals surface area contributed by atoms with E-state index >= 15 is 0 Å². The maximum absolute atomic E-state index is 12.9. The standard InChI is InChI=1S/C23H21IN6OS/c1-15-27-28-23(32-15)17-5-6-18-14-25-21(13-19(18)11-17)26-22(31)16-3-2-4-20(12-16)29-7-9-30(24)10-8-29/h2-6,11-14H,7-10H2,1H3,(H,25,26,31). The molecule has 1 fully saturated rings. The van der Waals surface area contributed by atoms with Gasteiger partial charge in [-0.1, -0.05) is 29.5 Å². The van der Waals surface area contributed by atoms with Gasteiger partial charge in [-0.2, -0.15) is 0 Å². The first-order valence-corrected chi connectivity index (χ1v) is 12.1. The van der Waals surface area contributed by atoms with Crippen molar-refractivity contribution in [2.75, 3.05) is 36.4 Å². The number of nitrogens with zero attached hydrogens (tertiary/aromatic N) is 5. The second-order valence-electron chi connectivity index (χ2n) is 7.66. The molecule has 7 nitrogen and oxygen atoms in total. The molecule has 1 amide bonds. The third kappa shape index (κ3) is 4.59. The lowest BCUT2D eigenvalue weighted by atomic mass is 10.1. The molecule has 1 aliphatic rings. The Balaban J connectivity index is 1.36. The van der Waals surface area contributed by atoms with E-state index < -0.39 is 0 Å². The number of hydrogen-bond donors (Lipinski definition) is 1. The fourth-order valence-electron chi connectivity index (χ4n) is 3.73. The van der Waals surface area contributed by atoms with Crippen molar-refractivity contribution in [3.63, 3.8) is 0 Å². The molecule has 3 heterocycles. The minimum absolute atomic E-state index is 0.165. The summed E-state index contributed by atoms with van der Waals surface area (Å²) in [7, 11) is 0. The summed E-state index contributed by atoms with van der Waals surface area (Å²) in [6.45, 7) is 5.87. The molecular formula is C23H21IN6OS. The van der Waals surface area contributed by atoms with Gasteiger partial charge in [-0.05, 0) is 42.6 Å². The predicted molar refractivity (Wildman–Crippen MR) is 138 cm³/mol. The van der Waals surface area contributed by atoms with Crippen molar-refractivity contribution in [2.45, 2.75) is 6.92 Å². The highest BCUT2D eigenvalue weighted by Crippen LogP contribution is 2.28. The number of amides is 1. The van der Waals surface area contributed by atoms with Gasteiger partial charge in [0, 0.05) is 77.4 Å². The Hall–Kier alpha value is -2.63. The van der Waals surface area contributed by atoms with E-state index in [0.29, 0.717) is 11.4 Å². The van der Waals surface area contributed by atoms with Gasteiger partial charge in [-0.15, -0.1) is 10.2 Å². The first-order chi connectivity index (χ1) is 15.5. The molecule has 1 aliphatic heterocycles. The zero-order valence-corrected chi connectivity index (χ0v) is 20.4. The molecule has 0 unspecified atom stereocenters. The van der Waals surface area contributed by atoms with Gasteiger partial charge < -0.3 is 10.2 Å². The highest BCUT2D eigenvalue weighted by atomic mass is 127. The molecule has 9 heteroatoms. The van der Waals surface area contributed by atoms with Crippen LogP contribution < -0.4 is 10.2 Å². The summed E-state index contributed by atoms with van der Waals surface area (Å²) in [4.78, 5) is 19.7. The van der Waals surface area contributed by atoms with Gasteiger partial charge in [0.15, 0.2) is 0 Å². The number of nitrogens with one attached hydrogen (secondary N) is 1. The van der Waals surface area contributed by atoms with Crippen molar-refractivity contribution >= 4 is 62.4 Å². The molecule has 0 saturated carbocycles. The third-order valence-corrected chi connectivity index (χ3v) is 7.29. The van der Waals surface area contributed by atoms with Gasteiger partial charge in [0.05, 0.1) is 0 Å². The zero-order chi connectivity index (χ0) is 22.1. The molecule has 0 spiro atoms. The van der Waals surface area contributed by atoms with E-state index in [1.165, 1.54) is 0 Å². The van der Waals surface area contributed by atoms with E-state index in [1.807, 2.05) is 43.3 Å². The van der Waals surface area contributed by atoms with Gasteiger partial charge in [0.1, 0.15) is 15.8 Å². The number of halogens is 1. The van der Waals surface area contributed by atoms with Crippen molar-refractivity contribution in [3.8, 4) is 10.6 Å². The van der Waals surface area contributed by atoms with Gasteiger partial charge in [0.2, 0.25) is 0 Å². The zero-order valence-electron chi connectivity index (χ0n) is 17.5. The number of rotatable bonds is 4. The van der Waals surface area contributed by atoms with Crippen LogP contribution in [0, 0.1) is 6.92 Å². The maximum Gasteiger partial charge on any atom is 0.256 e. The Morgan fingerprint density at radius 1 is 1.03 bits per heavy atom. The molecule has 0 radical (unpaired) electrons. The van der Waals surface area contributed by atoms with Crippen LogP contribution >= 0.6 is 34.2 Å². The quantitative estimate of drug-likeness (QED) is 0.288. The van der Waals surface area contributed by atoms with Gasteiger partial charge in [0.25, 0.3) is 5.91 Å². The number of anilines is 2. The van der Waals surface area contributed by atoms with Gasteiger partial charge in [-0.3, -0.25) is 4.79 Å². The number of pyridine rings is 1. The predicted octanol–water partition coefficient (Wildman–Crippen LogP) is 4.79. The Morgan fingerprint density at radius 3 is 2.66 bits per heavy atom. The normalized spacial score (nSPS) is 14.6. The SMILES string of the molecule is Cc1nnc(-c2ccc3cnc(NC(=O)c4cccc(N5CCN(I)CC5)c4)cc3c2)s1. The number of aromatic nitrogens is 3. The lowest BCUT2D eigenvalue weighted by Crippen LogP contribution is -2.42. The van der Waals surface area contributed by atoms with Crippen LogP contribution in [0.3, 0.4) is 0 Å². The Labute approximate surface area is 204 Å². The van der Waals surface area contributed by atoms with Gasteiger partial charge in [-0.25, -0.2) is 8.10 Å². The average molecular weight is 556 g/mol. The minimum Gasteiger partial charge on any atom is -0.369 e. The molecule has 0 aliphatic carbocycles. The molecule has 0 atom stereocenters. The summed E-state index contributed by atoms with van der Waals surface area (Å²) >= 11 is 3.92.